The molecule has 2 rings (SSSR count). The number of carbonyl (C=O) groups is 1. The predicted octanol–water partition coefficient (Wildman–Crippen LogP) is 4.33. The van der Waals surface area contributed by atoms with Crippen molar-refractivity contribution >= 4 is 5.91 Å². The Kier molecular flexibility index (Phi) is 7.73. The highest BCUT2D eigenvalue weighted by molar-refractivity contribution is 5.79. The van der Waals surface area contributed by atoms with Gasteiger partial charge < -0.3 is 19.5 Å². The number of rotatable bonds is 9. The van der Waals surface area contributed by atoms with Gasteiger partial charge in [0.2, 0.25) is 11.7 Å². The van der Waals surface area contributed by atoms with E-state index in [1.54, 1.807) is 33.5 Å². The zero-order valence-corrected chi connectivity index (χ0v) is 17.7. The summed E-state index contributed by atoms with van der Waals surface area (Å²) in [4.78, 5) is 12.8. The van der Waals surface area contributed by atoms with E-state index in [4.69, 9.17) is 14.2 Å². The van der Waals surface area contributed by atoms with Crippen molar-refractivity contribution in [3.8, 4) is 17.2 Å². The Labute approximate surface area is 168 Å². The van der Waals surface area contributed by atoms with Crippen molar-refractivity contribution in [2.24, 2.45) is 5.92 Å². The normalized spacial score (nSPS) is 11.8. The van der Waals surface area contributed by atoms with Crippen molar-refractivity contribution in [1.29, 1.82) is 0 Å². The minimum atomic E-state index is -0.0486. The van der Waals surface area contributed by atoms with Crippen molar-refractivity contribution in [2.75, 3.05) is 21.3 Å². The van der Waals surface area contributed by atoms with E-state index >= 15 is 0 Å². The average molecular weight is 386 g/mol. The van der Waals surface area contributed by atoms with Gasteiger partial charge in [-0.1, -0.05) is 45.0 Å². The quantitative estimate of drug-likeness (QED) is 0.698. The van der Waals surface area contributed by atoms with Gasteiger partial charge in [-0.05, 0) is 41.2 Å². The predicted molar refractivity (Wildman–Crippen MR) is 111 cm³/mol. The van der Waals surface area contributed by atoms with Crippen molar-refractivity contribution in [1.82, 2.24) is 5.32 Å². The second-order valence-electron chi connectivity index (χ2n) is 7.09. The number of nitrogens with one attached hydrogen (secondary N) is 1. The number of methoxy groups -OCH3 is 3. The van der Waals surface area contributed by atoms with E-state index in [-0.39, 0.29) is 24.3 Å². The molecule has 0 bridgehead atoms. The van der Waals surface area contributed by atoms with Gasteiger partial charge in [-0.2, -0.15) is 0 Å². The number of amides is 1. The Morgan fingerprint density at radius 1 is 0.929 bits per heavy atom. The molecule has 5 nitrogen and oxygen atoms in total. The van der Waals surface area contributed by atoms with Crippen LogP contribution in [0, 0.1) is 5.92 Å². The first-order chi connectivity index (χ1) is 13.4. The molecule has 1 amide bonds. The monoisotopic (exact) mass is 385 g/mol. The highest BCUT2D eigenvalue weighted by Gasteiger charge is 2.20. The summed E-state index contributed by atoms with van der Waals surface area (Å²) in [6.07, 6.45) is 1.23. The van der Waals surface area contributed by atoms with Gasteiger partial charge in [0.25, 0.3) is 0 Å². The first-order valence-electron chi connectivity index (χ1n) is 9.60. The minimum Gasteiger partial charge on any atom is -0.493 e. The fourth-order valence-electron chi connectivity index (χ4n) is 3.24. The maximum atomic E-state index is 12.8. The molecule has 28 heavy (non-hydrogen) atoms. The van der Waals surface area contributed by atoms with Gasteiger partial charge >= 0.3 is 0 Å². The lowest BCUT2D eigenvalue weighted by Crippen LogP contribution is -2.32. The molecular formula is C23H31NO4. The largest absolute Gasteiger partial charge is 0.493 e. The van der Waals surface area contributed by atoms with Crippen LogP contribution in [0.5, 0.6) is 17.2 Å². The third-order valence-corrected chi connectivity index (χ3v) is 4.82. The summed E-state index contributed by atoms with van der Waals surface area (Å²) in [5, 5.41) is 3.17. The number of aryl methyl sites for hydroxylation is 1. The molecule has 0 fully saturated rings. The van der Waals surface area contributed by atoms with Gasteiger partial charge in [0.05, 0.1) is 33.8 Å². The van der Waals surface area contributed by atoms with Crippen LogP contribution in [0.4, 0.5) is 0 Å². The standard InChI is InChI=1S/C23H31NO4/c1-7-16-8-10-18(11-9-16)22(15(2)3)24-21(25)14-17-12-19(26-4)23(28-6)20(13-17)27-5/h8-13,15,22H,7,14H2,1-6H3,(H,24,25). The van der Waals surface area contributed by atoms with Gasteiger partial charge in [-0.15, -0.1) is 0 Å². The Morgan fingerprint density at radius 2 is 1.50 bits per heavy atom. The fraction of sp³-hybridized carbons (Fsp3) is 0.435. The summed E-state index contributed by atoms with van der Waals surface area (Å²) in [6, 6.07) is 12.0. The fourth-order valence-corrected chi connectivity index (χ4v) is 3.24. The Balaban J connectivity index is 2.18. The molecule has 2 aromatic rings. The van der Waals surface area contributed by atoms with E-state index in [9.17, 15) is 4.79 Å². The zero-order valence-electron chi connectivity index (χ0n) is 17.7. The first kappa shape index (κ1) is 21.6. The molecule has 0 aromatic heterocycles. The van der Waals surface area contributed by atoms with Gasteiger partial charge in [0.1, 0.15) is 0 Å². The summed E-state index contributed by atoms with van der Waals surface area (Å²) in [6.45, 7) is 6.35. The highest BCUT2D eigenvalue weighted by atomic mass is 16.5. The molecule has 0 aliphatic heterocycles. The number of hydrogen-bond donors (Lipinski definition) is 1. The van der Waals surface area contributed by atoms with Crippen LogP contribution in [-0.2, 0) is 17.6 Å². The lowest BCUT2D eigenvalue weighted by Gasteiger charge is -2.23. The van der Waals surface area contributed by atoms with E-state index in [1.165, 1.54) is 5.56 Å². The van der Waals surface area contributed by atoms with Crippen LogP contribution >= 0.6 is 0 Å². The SMILES string of the molecule is CCc1ccc(C(NC(=O)Cc2cc(OC)c(OC)c(OC)c2)C(C)C)cc1. The van der Waals surface area contributed by atoms with Crippen LogP contribution in [0.15, 0.2) is 36.4 Å². The number of ether oxygens (including phenoxy) is 3. The first-order valence-corrected chi connectivity index (χ1v) is 9.60. The molecule has 0 spiro atoms. The molecular weight excluding hydrogens is 354 g/mol. The Morgan fingerprint density at radius 3 is 1.93 bits per heavy atom. The molecule has 2 aromatic carbocycles. The maximum absolute atomic E-state index is 12.8. The molecule has 0 saturated heterocycles. The Bertz CT molecular complexity index is 759. The summed E-state index contributed by atoms with van der Waals surface area (Å²) in [5.74, 6) is 1.83. The van der Waals surface area contributed by atoms with Gasteiger partial charge in [-0.25, -0.2) is 0 Å². The van der Waals surface area contributed by atoms with Gasteiger partial charge in [0.15, 0.2) is 11.5 Å². The lowest BCUT2D eigenvalue weighted by atomic mass is 9.94. The second-order valence-corrected chi connectivity index (χ2v) is 7.09. The van der Waals surface area contributed by atoms with E-state index in [0.29, 0.717) is 17.2 Å². The summed E-state index contributed by atoms with van der Waals surface area (Å²) < 4.78 is 16.1. The van der Waals surface area contributed by atoms with E-state index in [2.05, 4.69) is 50.4 Å². The van der Waals surface area contributed by atoms with Gasteiger partial charge in [-0.3, -0.25) is 4.79 Å². The zero-order chi connectivity index (χ0) is 20.7. The van der Waals surface area contributed by atoms with E-state index in [0.717, 1.165) is 17.5 Å². The molecule has 1 atom stereocenters. The average Bonchev–Trinajstić information content (AvgIpc) is 2.71. The molecule has 0 radical (unpaired) electrons. The molecule has 0 aliphatic carbocycles. The van der Waals surface area contributed by atoms with Crippen molar-refractivity contribution in [3.05, 3.63) is 53.1 Å². The molecule has 152 valence electrons. The topological polar surface area (TPSA) is 56.8 Å². The van der Waals surface area contributed by atoms with Crippen LogP contribution < -0.4 is 19.5 Å². The van der Waals surface area contributed by atoms with Gasteiger partial charge in [0, 0.05) is 0 Å². The summed E-state index contributed by atoms with van der Waals surface area (Å²) in [7, 11) is 4.69. The molecule has 0 saturated carbocycles. The number of hydrogen-bond acceptors (Lipinski definition) is 4. The van der Waals surface area contributed by atoms with Crippen molar-refractivity contribution < 1.29 is 19.0 Å². The van der Waals surface area contributed by atoms with Crippen LogP contribution in [0.1, 0.15) is 43.5 Å². The third-order valence-electron chi connectivity index (χ3n) is 4.82. The number of benzene rings is 2. The van der Waals surface area contributed by atoms with E-state index < -0.39 is 0 Å². The highest BCUT2D eigenvalue weighted by Crippen LogP contribution is 2.38. The minimum absolute atomic E-state index is 0.0413. The molecule has 1 unspecified atom stereocenters. The van der Waals surface area contributed by atoms with Crippen molar-refractivity contribution in [2.45, 2.75) is 39.7 Å². The van der Waals surface area contributed by atoms with E-state index in [1.807, 2.05) is 0 Å². The van der Waals surface area contributed by atoms with Crippen molar-refractivity contribution in [3.63, 3.8) is 0 Å². The molecule has 0 heterocycles. The lowest BCUT2D eigenvalue weighted by molar-refractivity contribution is -0.121. The molecule has 0 aliphatic rings. The third kappa shape index (κ3) is 5.18. The smallest absolute Gasteiger partial charge is 0.224 e. The molecule has 1 N–H and O–H groups in total. The maximum Gasteiger partial charge on any atom is 0.224 e. The summed E-state index contributed by atoms with van der Waals surface area (Å²) in [5.41, 5.74) is 3.20. The van der Waals surface area contributed by atoms with Crippen LogP contribution in [0.25, 0.3) is 0 Å². The van der Waals surface area contributed by atoms with Crippen LogP contribution in [-0.4, -0.2) is 27.2 Å². The molecule has 5 heteroatoms. The summed E-state index contributed by atoms with van der Waals surface area (Å²) >= 11 is 0. The number of carbonyl (C=O) groups excluding carboxylic acids is 1. The second kappa shape index (κ2) is 10.0. The van der Waals surface area contributed by atoms with Crippen LogP contribution in [0.3, 0.4) is 0 Å². The van der Waals surface area contributed by atoms with Crippen LogP contribution in [0.2, 0.25) is 0 Å². The Hall–Kier alpha value is -2.69.